The molecule has 0 aliphatic heterocycles. The standard InChI is InChI=1S/C6H9BrClN/c1-3-5(7)6(8)9-4-2/h4H,3H2,1-2H3/b6-5+,9-4?. The third-order valence-electron chi connectivity index (χ3n) is 0.777. The largest absolute Gasteiger partial charge is 0.248 e. The quantitative estimate of drug-likeness (QED) is 0.490. The van der Waals surface area contributed by atoms with E-state index in [0.717, 1.165) is 10.9 Å². The highest BCUT2D eigenvalue weighted by atomic mass is 79.9. The van der Waals surface area contributed by atoms with Crippen molar-refractivity contribution in [3.63, 3.8) is 0 Å². The molecule has 0 unspecified atom stereocenters. The minimum atomic E-state index is 0.542. The van der Waals surface area contributed by atoms with Crippen LogP contribution in [0.2, 0.25) is 0 Å². The number of nitrogens with zero attached hydrogens (tertiary/aromatic N) is 1. The molecule has 0 aromatic carbocycles. The molecule has 3 heteroatoms. The molecular formula is C6H9BrClN. The fourth-order valence-electron chi connectivity index (χ4n) is 0.329. The van der Waals surface area contributed by atoms with E-state index in [1.807, 2.05) is 13.8 Å². The minimum absolute atomic E-state index is 0.542. The number of hydrogen-bond acceptors (Lipinski definition) is 1. The Morgan fingerprint density at radius 2 is 2.33 bits per heavy atom. The van der Waals surface area contributed by atoms with Crippen molar-refractivity contribution in [1.29, 1.82) is 0 Å². The van der Waals surface area contributed by atoms with E-state index in [4.69, 9.17) is 11.6 Å². The lowest BCUT2D eigenvalue weighted by Crippen LogP contribution is -1.71. The fourth-order valence-corrected chi connectivity index (χ4v) is 0.663. The molecule has 0 aromatic heterocycles. The Bertz CT molecular complexity index is 140. The SMILES string of the molecule is CC=N/C(Cl)=C(/Br)CC. The second-order valence-electron chi connectivity index (χ2n) is 1.44. The van der Waals surface area contributed by atoms with Crippen LogP contribution in [-0.2, 0) is 0 Å². The average Bonchev–Trinajstić information content (AvgIpc) is 1.87. The molecule has 0 bridgehead atoms. The topological polar surface area (TPSA) is 12.4 Å². The third-order valence-corrected chi connectivity index (χ3v) is 2.27. The summed E-state index contributed by atoms with van der Waals surface area (Å²) in [6.07, 6.45) is 2.55. The molecule has 0 aliphatic rings. The van der Waals surface area contributed by atoms with Gasteiger partial charge in [0.15, 0.2) is 0 Å². The molecule has 0 amide bonds. The van der Waals surface area contributed by atoms with Gasteiger partial charge < -0.3 is 0 Å². The van der Waals surface area contributed by atoms with E-state index >= 15 is 0 Å². The first-order valence-electron chi connectivity index (χ1n) is 2.75. The van der Waals surface area contributed by atoms with E-state index in [2.05, 4.69) is 20.9 Å². The van der Waals surface area contributed by atoms with Crippen LogP contribution in [0.3, 0.4) is 0 Å². The van der Waals surface area contributed by atoms with Gasteiger partial charge >= 0.3 is 0 Å². The predicted molar refractivity (Wildman–Crippen MR) is 46.3 cm³/mol. The monoisotopic (exact) mass is 209 g/mol. The highest BCUT2D eigenvalue weighted by Crippen LogP contribution is 2.19. The third kappa shape index (κ3) is 3.71. The van der Waals surface area contributed by atoms with Crippen molar-refractivity contribution >= 4 is 33.7 Å². The molecule has 1 nitrogen and oxygen atoms in total. The summed E-state index contributed by atoms with van der Waals surface area (Å²) < 4.78 is 0.947. The Labute approximate surface area is 68.9 Å². The maximum Gasteiger partial charge on any atom is 0.138 e. The van der Waals surface area contributed by atoms with Gasteiger partial charge in [-0.15, -0.1) is 0 Å². The number of hydrogen-bond donors (Lipinski definition) is 0. The number of aliphatic imine (C=N–C) groups is 1. The van der Waals surface area contributed by atoms with Gasteiger partial charge in [0.05, 0.1) is 0 Å². The van der Waals surface area contributed by atoms with Gasteiger partial charge in [0.1, 0.15) is 5.16 Å². The summed E-state index contributed by atoms with van der Waals surface area (Å²) >= 11 is 8.94. The molecule has 0 aliphatic carbocycles. The van der Waals surface area contributed by atoms with Crippen LogP contribution in [0.4, 0.5) is 0 Å². The lowest BCUT2D eigenvalue weighted by atomic mass is 10.5. The number of rotatable bonds is 2. The summed E-state index contributed by atoms with van der Waals surface area (Å²) in [5.41, 5.74) is 0. The normalized spacial score (nSPS) is 14.2. The van der Waals surface area contributed by atoms with Crippen molar-refractivity contribution in [2.75, 3.05) is 0 Å². The molecule has 0 saturated heterocycles. The van der Waals surface area contributed by atoms with Crippen LogP contribution in [0.5, 0.6) is 0 Å². The zero-order chi connectivity index (χ0) is 7.28. The van der Waals surface area contributed by atoms with Gasteiger partial charge in [-0.3, -0.25) is 0 Å². The maximum atomic E-state index is 5.67. The first-order valence-corrected chi connectivity index (χ1v) is 3.92. The van der Waals surface area contributed by atoms with E-state index in [-0.39, 0.29) is 0 Å². The molecule has 52 valence electrons. The Morgan fingerprint density at radius 3 is 2.67 bits per heavy atom. The Balaban J connectivity index is 4.10. The highest BCUT2D eigenvalue weighted by molar-refractivity contribution is 9.11. The molecule has 0 fully saturated rings. The van der Waals surface area contributed by atoms with Crippen LogP contribution in [0.1, 0.15) is 20.3 Å². The summed E-state index contributed by atoms with van der Waals surface area (Å²) in [4.78, 5) is 3.87. The second-order valence-corrected chi connectivity index (χ2v) is 2.75. The van der Waals surface area contributed by atoms with Crippen LogP contribution in [0.25, 0.3) is 0 Å². The van der Waals surface area contributed by atoms with Gasteiger partial charge in [0.25, 0.3) is 0 Å². The van der Waals surface area contributed by atoms with E-state index < -0.39 is 0 Å². The smallest absolute Gasteiger partial charge is 0.138 e. The number of allylic oxidation sites excluding steroid dienone is 1. The number of halogens is 2. The molecule has 0 spiro atoms. The van der Waals surface area contributed by atoms with Gasteiger partial charge in [-0.05, 0) is 13.3 Å². The lowest BCUT2D eigenvalue weighted by molar-refractivity contribution is 1.18. The predicted octanol–water partition coefficient (Wildman–Crippen LogP) is 3.29. The molecule has 0 N–H and O–H groups in total. The summed E-state index contributed by atoms with van der Waals surface area (Å²) in [6, 6.07) is 0. The van der Waals surface area contributed by atoms with Crippen LogP contribution in [0, 0.1) is 0 Å². The molecule has 0 atom stereocenters. The van der Waals surface area contributed by atoms with E-state index in [0.29, 0.717) is 5.16 Å². The van der Waals surface area contributed by atoms with Crippen molar-refractivity contribution in [2.24, 2.45) is 4.99 Å². The fraction of sp³-hybridized carbons (Fsp3) is 0.500. The van der Waals surface area contributed by atoms with Gasteiger partial charge in [-0.1, -0.05) is 34.5 Å². The van der Waals surface area contributed by atoms with Gasteiger partial charge in [0.2, 0.25) is 0 Å². The van der Waals surface area contributed by atoms with Gasteiger partial charge in [-0.25, -0.2) is 4.99 Å². The summed E-state index contributed by atoms with van der Waals surface area (Å²) in [5, 5.41) is 0.542. The van der Waals surface area contributed by atoms with Gasteiger partial charge in [-0.2, -0.15) is 0 Å². The van der Waals surface area contributed by atoms with Crippen molar-refractivity contribution in [1.82, 2.24) is 0 Å². The van der Waals surface area contributed by atoms with Crippen LogP contribution < -0.4 is 0 Å². The summed E-state index contributed by atoms with van der Waals surface area (Å²) in [6.45, 7) is 3.84. The van der Waals surface area contributed by atoms with Crippen LogP contribution >= 0.6 is 27.5 Å². The Morgan fingerprint density at radius 1 is 1.78 bits per heavy atom. The van der Waals surface area contributed by atoms with E-state index in [1.54, 1.807) is 6.21 Å². The molecule has 0 aromatic rings. The molecule has 9 heavy (non-hydrogen) atoms. The first kappa shape index (κ1) is 9.18. The molecule has 0 saturated carbocycles. The van der Waals surface area contributed by atoms with E-state index in [9.17, 15) is 0 Å². The summed E-state index contributed by atoms with van der Waals surface area (Å²) in [7, 11) is 0. The van der Waals surface area contributed by atoms with Crippen molar-refractivity contribution in [2.45, 2.75) is 20.3 Å². The highest BCUT2D eigenvalue weighted by Gasteiger charge is 1.93. The molecular weight excluding hydrogens is 201 g/mol. The maximum absolute atomic E-state index is 5.67. The Kier molecular flexibility index (Phi) is 5.10. The average molecular weight is 211 g/mol. The molecule has 0 rings (SSSR count). The molecule has 0 heterocycles. The van der Waals surface area contributed by atoms with E-state index in [1.165, 1.54) is 0 Å². The van der Waals surface area contributed by atoms with Crippen molar-refractivity contribution < 1.29 is 0 Å². The van der Waals surface area contributed by atoms with Crippen molar-refractivity contribution in [3.8, 4) is 0 Å². The van der Waals surface area contributed by atoms with Gasteiger partial charge in [0, 0.05) is 10.7 Å². The molecule has 0 radical (unpaired) electrons. The second kappa shape index (κ2) is 5.00. The zero-order valence-corrected chi connectivity index (χ0v) is 7.83. The minimum Gasteiger partial charge on any atom is -0.248 e. The van der Waals surface area contributed by atoms with Crippen LogP contribution in [-0.4, -0.2) is 6.21 Å². The van der Waals surface area contributed by atoms with Crippen LogP contribution in [0.15, 0.2) is 14.6 Å². The zero-order valence-electron chi connectivity index (χ0n) is 5.49. The lowest BCUT2D eigenvalue weighted by Gasteiger charge is -1.91. The first-order chi connectivity index (χ1) is 4.22. The van der Waals surface area contributed by atoms with Crippen molar-refractivity contribution in [3.05, 3.63) is 9.64 Å². The Hall–Kier alpha value is 0.180. The summed E-state index contributed by atoms with van der Waals surface area (Å²) in [5.74, 6) is 0.